The molecule has 0 heterocycles. The van der Waals surface area contributed by atoms with Gasteiger partial charge in [0.2, 0.25) is 0 Å². The van der Waals surface area contributed by atoms with Crippen molar-refractivity contribution in [2.45, 2.75) is 27.2 Å². The summed E-state index contributed by atoms with van der Waals surface area (Å²) in [4.78, 5) is 0. The molecule has 60 valence electrons. The molecule has 0 aliphatic heterocycles. The van der Waals surface area contributed by atoms with E-state index in [0.717, 1.165) is 0 Å². The van der Waals surface area contributed by atoms with Crippen LogP contribution in [-0.2, 0) is 0 Å². The molecule has 0 atom stereocenters. The van der Waals surface area contributed by atoms with Crippen molar-refractivity contribution in [3.8, 4) is 0 Å². The van der Waals surface area contributed by atoms with Gasteiger partial charge in [0.1, 0.15) is 5.71 Å². The Balaban J connectivity index is 4.40. The van der Waals surface area contributed by atoms with E-state index in [-0.39, 0.29) is 0 Å². The molecule has 10 heavy (non-hydrogen) atoms. The van der Waals surface area contributed by atoms with Crippen molar-refractivity contribution in [3.05, 3.63) is 0 Å². The van der Waals surface area contributed by atoms with Crippen LogP contribution < -0.4 is 0 Å². The molecule has 0 unspecified atom stereocenters. The summed E-state index contributed by atoms with van der Waals surface area (Å²) in [5, 5.41) is 10.7. The second-order valence-electron chi connectivity index (χ2n) is 3.04. The van der Waals surface area contributed by atoms with Gasteiger partial charge >= 0.3 is 0 Å². The van der Waals surface area contributed by atoms with E-state index in [0.29, 0.717) is 0 Å². The molecule has 0 bridgehead atoms. The molecule has 0 spiro atoms. The van der Waals surface area contributed by atoms with E-state index in [1.807, 2.05) is 0 Å². The fourth-order valence-corrected chi connectivity index (χ4v) is 0.521. The largest absolute Gasteiger partial charge is 0.411 e. The Labute approximate surface area is 58.5 Å². The third-order valence-electron chi connectivity index (χ3n) is 1.08. The lowest BCUT2D eigenvalue weighted by atomic mass is 9.90. The normalized spacial score (nSPS) is 14.4. The molecule has 0 aromatic carbocycles. The predicted molar refractivity (Wildman–Crippen MR) is 34.7 cm³/mol. The number of rotatable bonds is 1. The highest BCUT2D eigenvalue weighted by molar-refractivity contribution is 5.91. The average molecular weight is 151 g/mol. The Morgan fingerprint density at radius 2 is 1.80 bits per heavy atom. The highest BCUT2D eigenvalue weighted by atomic mass is 19.3. The Bertz CT molecular complexity index is 137. The Hall–Kier alpha value is -0.670. The molecule has 0 rings (SSSR count). The van der Waals surface area contributed by atoms with Crippen LogP contribution in [-0.4, -0.2) is 17.3 Å². The first-order valence-corrected chi connectivity index (χ1v) is 2.90. The monoisotopic (exact) mass is 151 g/mol. The third kappa shape index (κ3) is 2.29. The zero-order valence-electron chi connectivity index (χ0n) is 6.23. The molecule has 4 heteroatoms. The van der Waals surface area contributed by atoms with Crippen LogP contribution in [0.2, 0.25) is 0 Å². The predicted octanol–water partition coefficient (Wildman–Crippen LogP) is 2.13. The molecular formula is C6H11F2NO. The highest BCUT2D eigenvalue weighted by Gasteiger charge is 2.27. The summed E-state index contributed by atoms with van der Waals surface area (Å²) in [6, 6.07) is 0. The third-order valence-corrected chi connectivity index (χ3v) is 1.08. The highest BCUT2D eigenvalue weighted by Crippen LogP contribution is 2.20. The number of nitrogens with zero attached hydrogens (tertiary/aromatic N) is 1. The van der Waals surface area contributed by atoms with Gasteiger partial charge in [-0.15, -0.1) is 0 Å². The maximum Gasteiger partial charge on any atom is 0.280 e. The van der Waals surface area contributed by atoms with E-state index in [1.54, 1.807) is 20.8 Å². The van der Waals surface area contributed by atoms with E-state index in [2.05, 4.69) is 5.16 Å². The fourth-order valence-electron chi connectivity index (χ4n) is 0.521. The first kappa shape index (κ1) is 9.33. The van der Waals surface area contributed by atoms with Crippen LogP contribution in [0, 0.1) is 5.41 Å². The summed E-state index contributed by atoms with van der Waals surface area (Å²) >= 11 is 0. The summed E-state index contributed by atoms with van der Waals surface area (Å²) in [7, 11) is 0. The van der Waals surface area contributed by atoms with Crippen LogP contribution >= 0.6 is 0 Å². The minimum absolute atomic E-state index is 0.479. The van der Waals surface area contributed by atoms with E-state index in [1.165, 1.54) is 0 Å². The molecule has 0 amide bonds. The number of halogens is 2. The van der Waals surface area contributed by atoms with Crippen molar-refractivity contribution in [1.29, 1.82) is 0 Å². The van der Waals surface area contributed by atoms with Crippen molar-refractivity contribution in [2.24, 2.45) is 10.6 Å². The smallest absolute Gasteiger partial charge is 0.280 e. The van der Waals surface area contributed by atoms with Gasteiger partial charge in [0, 0.05) is 5.41 Å². The van der Waals surface area contributed by atoms with Crippen LogP contribution in [0.15, 0.2) is 5.16 Å². The van der Waals surface area contributed by atoms with Crippen molar-refractivity contribution in [2.75, 3.05) is 0 Å². The molecular weight excluding hydrogens is 140 g/mol. The molecule has 2 nitrogen and oxygen atoms in total. The van der Waals surface area contributed by atoms with Crippen LogP contribution in [0.25, 0.3) is 0 Å². The van der Waals surface area contributed by atoms with Crippen molar-refractivity contribution in [3.63, 3.8) is 0 Å². The topological polar surface area (TPSA) is 32.6 Å². The van der Waals surface area contributed by atoms with Gasteiger partial charge in [-0.3, -0.25) is 0 Å². The standard InChI is InChI=1S/C6H11F2NO/c1-6(2,3)4(9-10)5(7)8/h5,10H,1-3H3/b9-4-. The maximum atomic E-state index is 11.9. The fraction of sp³-hybridized carbons (Fsp3) is 0.833. The van der Waals surface area contributed by atoms with Crippen molar-refractivity contribution < 1.29 is 14.0 Å². The van der Waals surface area contributed by atoms with Crippen molar-refractivity contribution in [1.82, 2.24) is 0 Å². The lowest BCUT2D eigenvalue weighted by Gasteiger charge is -2.18. The van der Waals surface area contributed by atoms with Gasteiger partial charge in [-0.05, 0) is 0 Å². The van der Waals surface area contributed by atoms with Gasteiger partial charge in [-0.2, -0.15) is 0 Å². The second kappa shape index (κ2) is 2.94. The Kier molecular flexibility index (Phi) is 2.75. The van der Waals surface area contributed by atoms with Gasteiger partial charge in [-0.1, -0.05) is 25.9 Å². The minimum atomic E-state index is -2.68. The van der Waals surface area contributed by atoms with Gasteiger partial charge in [-0.25, -0.2) is 8.78 Å². The molecule has 0 fully saturated rings. The molecule has 0 aliphatic rings. The van der Waals surface area contributed by atoms with Crippen LogP contribution in [0.5, 0.6) is 0 Å². The quantitative estimate of drug-likeness (QED) is 0.347. The Morgan fingerprint density at radius 1 is 1.40 bits per heavy atom. The van der Waals surface area contributed by atoms with Gasteiger partial charge in [0.25, 0.3) is 6.43 Å². The number of hydrogen-bond donors (Lipinski definition) is 1. The Morgan fingerprint density at radius 3 is 1.80 bits per heavy atom. The maximum absolute atomic E-state index is 11.9. The molecule has 1 N–H and O–H groups in total. The van der Waals surface area contributed by atoms with Crippen LogP contribution in [0.4, 0.5) is 8.78 Å². The summed E-state index contributed by atoms with van der Waals surface area (Å²) in [5.41, 5.74) is -1.24. The molecule has 0 aromatic rings. The lowest BCUT2D eigenvalue weighted by molar-refractivity contribution is 0.198. The molecule has 0 radical (unpaired) electrons. The van der Waals surface area contributed by atoms with Crippen molar-refractivity contribution >= 4 is 5.71 Å². The number of oxime groups is 1. The molecule has 0 saturated carbocycles. The van der Waals surface area contributed by atoms with Gasteiger partial charge in [0.05, 0.1) is 0 Å². The summed E-state index contributed by atoms with van der Waals surface area (Å²) in [6.45, 7) is 4.69. The van der Waals surface area contributed by atoms with Gasteiger partial charge in [0.15, 0.2) is 0 Å². The van der Waals surface area contributed by atoms with E-state index < -0.39 is 17.6 Å². The first-order valence-electron chi connectivity index (χ1n) is 2.90. The van der Waals surface area contributed by atoms with Gasteiger partial charge < -0.3 is 5.21 Å². The SMILES string of the molecule is CC(C)(C)/C(=N\O)C(F)F. The van der Waals surface area contributed by atoms with E-state index in [4.69, 9.17) is 5.21 Å². The van der Waals surface area contributed by atoms with Crippen LogP contribution in [0.3, 0.4) is 0 Å². The molecule has 0 saturated heterocycles. The second-order valence-corrected chi connectivity index (χ2v) is 3.04. The number of hydrogen-bond acceptors (Lipinski definition) is 2. The zero-order chi connectivity index (χ0) is 8.36. The van der Waals surface area contributed by atoms with E-state index in [9.17, 15) is 8.78 Å². The van der Waals surface area contributed by atoms with E-state index >= 15 is 0 Å². The zero-order valence-corrected chi connectivity index (χ0v) is 6.23. The summed E-state index contributed by atoms with van der Waals surface area (Å²) < 4.78 is 23.8. The van der Waals surface area contributed by atoms with Crippen LogP contribution in [0.1, 0.15) is 20.8 Å². The first-order chi connectivity index (χ1) is 4.39. The summed E-state index contributed by atoms with van der Waals surface area (Å²) in [6.07, 6.45) is -2.68. The number of alkyl halides is 2. The molecule has 0 aliphatic carbocycles. The summed E-state index contributed by atoms with van der Waals surface area (Å²) in [5.74, 6) is 0. The molecule has 0 aromatic heterocycles. The lowest BCUT2D eigenvalue weighted by Crippen LogP contribution is -2.27. The average Bonchev–Trinajstić information content (AvgIpc) is 1.60. The minimum Gasteiger partial charge on any atom is -0.411 e.